The van der Waals surface area contributed by atoms with Crippen LogP contribution in [0.15, 0.2) is 0 Å². The summed E-state index contributed by atoms with van der Waals surface area (Å²) in [6.07, 6.45) is -4.10. The summed E-state index contributed by atoms with van der Waals surface area (Å²) in [5, 5.41) is 7.12. The Labute approximate surface area is 106 Å². The number of halogens is 3. The minimum Gasteiger partial charge on any atom is -0.475 e. The number of hydrogen-bond acceptors (Lipinski definition) is 5. The van der Waals surface area contributed by atoms with Crippen molar-refractivity contribution in [2.75, 3.05) is 7.11 Å². The van der Waals surface area contributed by atoms with Crippen molar-refractivity contribution in [3.8, 4) is 0 Å². The molecule has 3 rings (SSSR count). The van der Waals surface area contributed by atoms with E-state index in [-0.39, 0.29) is 11.6 Å². The first kappa shape index (κ1) is 15.7. The zero-order valence-electron chi connectivity index (χ0n) is 10.3. The molecule has 1 atom stereocenters. The monoisotopic (exact) mass is 285 g/mol. The Balaban J connectivity index is 0.000000224. The van der Waals surface area contributed by atoms with E-state index in [1.165, 1.54) is 7.11 Å². The van der Waals surface area contributed by atoms with Gasteiger partial charge in [0.2, 0.25) is 0 Å². The Morgan fingerprint density at radius 1 is 1.42 bits per heavy atom. The summed E-state index contributed by atoms with van der Waals surface area (Å²) in [5.41, 5.74) is 5.29. The van der Waals surface area contributed by atoms with E-state index in [1.54, 1.807) is 0 Å². The van der Waals surface area contributed by atoms with E-state index in [1.807, 2.05) is 6.92 Å². The summed E-state index contributed by atoms with van der Waals surface area (Å²) in [7, 11) is 1.35. The number of hydrogen-bond donors (Lipinski definition) is 2. The van der Waals surface area contributed by atoms with Crippen molar-refractivity contribution in [3.05, 3.63) is 0 Å². The molecule has 9 heteroatoms. The van der Waals surface area contributed by atoms with E-state index in [0.29, 0.717) is 0 Å². The van der Waals surface area contributed by atoms with Crippen molar-refractivity contribution in [3.63, 3.8) is 0 Å². The van der Waals surface area contributed by atoms with E-state index >= 15 is 0 Å². The van der Waals surface area contributed by atoms with Crippen molar-refractivity contribution < 1.29 is 37.3 Å². The van der Waals surface area contributed by atoms with Crippen LogP contribution in [0, 0.1) is 0 Å². The highest BCUT2D eigenvalue weighted by Gasteiger charge is 2.66. The molecule has 3 fully saturated rings. The summed E-state index contributed by atoms with van der Waals surface area (Å²) in [5.74, 6) is -3.11. The lowest BCUT2D eigenvalue weighted by Crippen LogP contribution is -2.58. The summed E-state index contributed by atoms with van der Waals surface area (Å²) in [6, 6.07) is 0. The van der Waals surface area contributed by atoms with Crippen LogP contribution in [0.25, 0.3) is 0 Å². The fourth-order valence-electron chi connectivity index (χ4n) is 2.40. The predicted octanol–water partition coefficient (Wildman–Crippen LogP) is 0.441. The van der Waals surface area contributed by atoms with Crippen LogP contribution < -0.4 is 5.73 Å². The minimum absolute atomic E-state index is 0.173. The van der Waals surface area contributed by atoms with Crippen LogP contribution in [0.5, 0.6) is 0 Å². The Morgan fingerprint density at radius 2 is 1.84 bits per heavy atom. The van der Waals surface area contributed by atoms with Gasteiger partial charge in [0, 0.05) is 0 Å². The zero-order valence-corrected chi connectivity index (χ0v) is 10.3. The Morgan fingerprint density at radius 3 is 2.05 bits per heavy atom. The number of carbonyl (C=O) groups is 2. The molecule has 0 spiro atoms. The van der Waals surface area contributed by atoms with Crippen LogP contribution in [0.1, 0.15) is 19.8 Å². The lowest BCUT2D eigenvalue weighted by atomic mass is 9.68. The molecule has 2 bridgehead atoms. The first-order valence-corrected chi connectivity index (χ1v) is 5.28. The molecule has 2 aliphatic heterocycles. The number of nitrogens with two attached hydrogens (primary N) is 1. The summed E-state index contributed by atoms with van der Waals surface area (Å²) in [6.45, 7) is 1.97. The number of ether oxygens (including phenoxy) is 2. The van der Waals surface area contributed by atoms with E-state index in [2.05, 4.69) is 4.74 Å². The SMILES string of the molecule is COC(=O)C1OC2(C)CC1(N)C2.O=C(O)C(F)(F)F. The number of carbonyl (C=O) groups excluding carboxylic acids is 1. The molecule has 0 aromatic rings. The van der Waals surface area contributed by atoms with Crippen molar-refractivity contribution in [1.82, 2.24) is 0 Å². The normalized spacial score (nSPS) is 35.8. The number of aliphatic carboxylic acids is 1. The van der Waals surface area contributed by atoms with Crippen LogP contribution in [0.4, 0.5) is 13.2 Å². The highest BCUT2D eigenvalue weighted by atomic mass is 19.4. The van der Waals surface area contributed by atoms with Gasteiger partial charge in [-0.3, -0.25) is 0 Å². The molecule has 1 saturated carbocycles. The molecule has 0 radical (unpaired) electrons. The Kier molecular flexibility index (Phi) is 3.83. The second-order valence-electron chi connectivity index (χ2n) is 4.86. The van der Waals surface area contributed by atoms with Gasteiger partial charge in [0.05, 0.1) is 18.2 Å². The molecule has 0 aromatic heterocycles. The standard InChI is InChI=1S/C8H13NO3.C2HF3O2/c1-7-3-8(9,4-7)5(12-7)6(10)11-2;3-2(4,5)1(6)7/h5H,3-4,9H2,1-2H3;(H,6,7). The summed E-state index contributed by atoms with van der Waals surface area (Å²) >= 11 is 0. The van der Waals surface area contributed by atoms with Crippen LogP contribution in [0.3, 0.4) is 0 Å². The number of fused-ring (bicyclic) bond motifs is 1. The second kappa shape index (κ2) is 4.64. The zero-order chi connectivity index (χ0) is 15.1. The van der Waals surface area contributed by atoms with Crippen molar-refractivity contribution in [2.45, 2.75) is 43.2 Å². The highest BCUT2D eigenvalue weighted by Crippen LogP contribution is 2.53. The number of carboxylic acids is 1. The largest absolute Gasteiger partial charge is 0.490 e. The van der Waals surface area contributed by atoms with Gasteiger partial charge >= 0.3 is 18.1 Å². The van der Waals surface area contributed by atoms with E-state index in [0.717, 1.165) is 12.8 Å². The average molecular weight is 285 g/mol. The maximum absolute atomic E-state index is 11.2. The quantitative estimate of drug-likeness (QED) is 0.678. The number of esters is 1. The number of alkyl halides is 3. The summed E-state index contributed by atoms with van der Waals surface area (Å²) in [4.78, 5) is 20.1. The van der Waals surface area contributed by atoms with Gasteiger partial charge in [0.25, 0.3) is 0 Å². The van der Waals surface area contributed by atoms with E-state index in [4.69, 9.17) is 20.4 Å². The molecule has 1 aliphatic carbocycles. The third-order valence-electron chi connectivity index (χ3n) is 2.99. The van der Waals surface area contributed by atoms with E-state index < -0.39 is 23.8 Å². The fourth-order valence-corrected chi connectivity index (χ4v) is 2.40. The molecule has 0 aromatic carbocycles. The Hall–Kier alpha value is -1.35. The van der Waals surface area contributed by atoms with Gasteiger partial charge in [0.15, 0.2) is 6.10 Å². The second-order valence-corrected chi connectivity index (χ2v) is 4.86. The van der Waals surface area contributed by atoms with Crippen molar-refractivity contribution in [2.24, 2.45) is 5.73 Å². The van der Waals surface area contributed by atoms with Crippen LogP contribution >= 0.6 is 0 Å². The molecule has 3 aliphatic rings. The lowest BCUT2D eigenvalue weighted by Gasteiger charge is -2.39. The molecular weight excluding hydrogens is 271 g/mol. The number of carboxylic acid groups (broad SMARTS) is 1. The third kappa shape index (κ3) is 3.16. The van der Waals surface area contributed by atoms with Crippen molar-refractivity contribution >= 4 is 11.9 Å². The van der Waals surface area contributed by atoms with Gasteiger partial charge < -0.3 is 20.3 Å². The smallest absolute Gasteiger partial charge is 0.475 e. The maximum atomic E-state index is 11.2. The highest BCUT2D eigenvalue weighted by molar-refractivity contribution is 5.78. The first-order valence-electron chi connectivity index (χ1n) is 5.28. The third-order valence-corrected chi connectivity index (χ3v) is 2.99. The van der Waals surface area contributed by atoms with Gasteiger partial charge in [-0.1, -0.05) is 0 Å². The van der Waals surface area contributed by atoms with Gasteiger partial charge in [-0.05, 0) is 19.8 Å². The molecule has 1 unspecified atom stereocenters. The average Bonchev–Trinajstić information content (AvgIpc) is 2.62. The molecule has 110 valence electrons. The lowest BCUT2D eigenvalue weighted by molar-refractivity contribution is -0.192. The minimum atomic E-state index is -5.08. The first-order chi connectivity index (χ1) is 8.43. The van der Waals surface area contributed by atoms with E-state index in [9.17, 15) is 18.0 Å². The maximum Gasteiger partial charge on any atom is 0.490 e. The van der Waals surface area contributed by atoms with Crippen LogP contribution in [-0.2, 0) is 19.1 Å². The van der Waals surface area contributed by atoms with Crippen LogP contribution in [0.2, 0.25) is 0 Å². The summed E-state index contributed by atoms with van der Waals surface area (Å²) < 4.78 is 41.8. The molecule has 3 N–H and O–H groups in total. The topological polar surface area (TPSA) is 98.9 Å². The van der Waals surface area contributed by atoms with Gasteiger partial charge in [-0.25, -0.2) is 9.59 Å². The molecule has 6 nitrogen and oxygen atoms in total. The molecule has 2 saturated heterocycles. The fraction of sp³-hybridized carbons (Fsp3) is 0.800. The molecule has 0 amide bonds. The van der Waals surface area contributed by atoms with Gasteiger partial charge in [-0.15, -0.1) is 0 Å². The van der Waals surface area contributed by atoms with Crippen LogP contribution in [-0.4, -0.2) is 47.6 Å². The Bertz CT molecular complexity index is 389. The molecular formula is C10H14F3NO5. The molecule has 19 heavy (non-hydrogen) atoms. The number of methoxy groups -OCH3 is 1. The van der Waals surface area contributed by atoms with Gasteiger partial charge in [0.1, 0.15) is 0 Å². The molecule has 2 heterocycles. The number of rotatable bonds is 1. The van der Waals surface area contributed by atoms with Crippen molar-refractivity contribution in [1.29, 1.82) is 0 Å². The predicted molar refractivity (Wildman–Crippen MR) is 55.1 cm³/mol. The van der Waals surface area contributed by atoms with Gasteiger partial charge in [-0.2, -0.15) is 13.2 Å².